The van der Waals surface area contributed by atoms with Gasteiger partial charge in [0, 0.05) is 19.3 Å². The Morgan fingerprint density at radius 2 is 0.456 bits per heavy atom. The van der Waals surface area contributed by atoms with Crippen molar-refractivity contribution in [1.82, 2.24) is 0 Å². The van der Waals surface area contributed by atoms with Gasteiger partial charge in [0.1, 0.15) is 13.2 Å². The summed E-state index contributed by atoms with van der Waals surface area (Å²) in [4.78, 5) is 38.4. The van der Waals surface area contributed by atoms with Gasteiger partial charge in [-0.05, 0) is 135 Å². The van der Waals surface area contributed by atoms with Crippen molar-refractivity contribution in [2.75, 3.05) is 13.2 Å². The van der Waals surface area contributed by atoms with Gasteiger partial charge in [-0.15, -0.1) is 0 Å². The molecule has 0 aromatic heterocycles. The van der Waals surface area contributed by atoms with E-state index >= 15 is 0 Å². The van der Waals surface area contributed by atoms with Crippen molar-refractivity contribution in [3.63, 3.8) is 0 Å². The molecule has 0 fully saturated rings. The first-order valence-electron chi connectivity index (χ1n) is 32.3. The number of rotatable bonds is 57. The molecule has 0 rings (SSSR count). The van der Waals surface area contributed by atoms with E-state index in [0.29, 0.717) is 19.3 Å². The summed E-state index contributed by atoms with van der Waals surface area (Å²) in [5, 5.41) is 0. The molecule has 0 amide bonds. The van der Waals surface area contributed by atoms with Gasteiger partial charge in [0.15, 0.2) is 6.10 Å². The molecule has 0 radical (unpaired) electrons. The van der Waals surface area contributed by atoms with E-state index in [9.17, 15) is 14.4 Å². The minimum Gasteiger partial charge on any atom is -0.462 e. The maximum absolute atomic E-state index is 12.9. The van der Waals surface area contributed by atoms with Crippen LogP contribution < -0.4 is 0 Å². The first-order valence-corrected chi connectivity index (χ1v) is 32.3. The lowest BCUT2D eigenvalue weighted by Crippen LogP contribution is -2.30. The van der Waals surface area contributed by atoms with E-state index in [2.05, 4.69) is 167 Å². The quantitative estimate of drug-likeness (QED) is 0.0261. The van der Waals surface area contributed by atoms with E-state index in [0.717, 1.165) is 173 Å². The van der Waals surface area contributed by atoms with Crippen LogP contribution in [0.2, 0.25) is 0 Å². The molecule has 0 aliphatic rings. The lowest BCUT2D eigenvalue weighted by molar-refractivity contribution is -0.167. The molecule has 0 bridgehead atoms. The molecule has 1 atom stereocenters. The smallest absolute Gasteiger partial charge is 0.306 e. The molecule has 0 aromatic carbocycles. The molecule has 0 saturated carbocycles. The number of hydrogen-bond donors (Lipinski definition) is 0. The number of carbonyl (C=O) groups is 3. The zero-order chi connectivity index (χ0) is 57.1. The topological polar surface area (TPSA) is 78.9 Å². The third-order valence-electron chi connectivity index (χ3n) is 13.3. The third kappa shape index (κ3) is 64.0. The molecular weight excluding hydrogens is 973 g/mol. The number of carbonyl (C=O) groups excluding carboxylic acids is 3. The van der Waals surface area contributed by atoms with Crippen molar-refractivity contribution in [3.05, 3.63) is 146 Å². The number of allylic oxidation sites excluding steroid dienone is 24. The monoisotopic (exact) mass is 1090 g/mol. The summed E-state index contributed by atoms with van der Waals surface area (Å²) in [5.74, 6) is -0.934. The van der Waals surface area contributed by atoms with Gasteiger partial charge in [-0.25, -0.2) is 0 Å². The van der Waals surface area contributed by atoms with E-state index in [1.807, 2.05) is 0 Å². The van der Waals surface area contributed by atoms with Crippen molar-refractivity contribution >= 4 is 17.9 Å². The fraction of sp³-hybridized carbons (Fsp3) is 0.630. The van der Waals surface area contributed by atoms with Crippen LogP contribution in [0.3, 0.4) is 0 Å². The van der Waals surface area contributed by atoms with Crippen LogP contribution in [0.25, 0.3) is 0 Å². The van der Waals surface area contributed by atoms with E-state index in [1.165, 1.54) is 64.2 Å². The minimum absolute atomic E-state index is 0.0972. The van der Waals surface area contributed by atoms with Crippen molar-refractivity contribution in [2.45, 2.75) is 284 Å². The largest absolute Gasteiger partial charge is 0.462 e. The first-order chi connectivity index (χ1) is 39.0. The van der Waals surface area contributed by atoms with E-state index in [4.69, 9.17) is 14.2 Å². The Kier molecular flexibility index (Phi) is 61.9. The molecule has 6 heteroatoms. The van der Waals surface area contributed by atoms with Gasteiger partial charge in [0.25, 0.3) is 0 Å². The van der Waals surface area contributed by atoms with Gasteiger partial charge in [-0.3, -0.25) is 14.4 Å². The zero-order valence-corrected chi connectivity index (χ0v) is 51.1. The second-order valence-corrected chi connectivity index (χ2v) is 20.9. The molecule has 0 aliphatic carbocycles. The summed E-state index contributed by atoms with van der Waals surface area (Å²) in [7, 11) is 0. The Morgan fingerprint density at radius 3 is 0.709 bits per heavy atom. The second kappa shape index (κ2) is 65.8. The van der Waals surface area contributed by atoms with E-state index in [-0.39, 0.29) is 31.1 Å². The summed E-state index contributed by atoms with van der Waals surface area (Å²) in [6.45, 7) is 6.28. The molecule has 446 valence electrons. The molecule has 0 N–H and O–H groups in total. The van der Waals surface area contributed by atoms with Crippen molar-refractivity contribution in [3.8, 4) is 0 Å². The van der Waals surface area contributed by atoms with Crippen LogP contribution in [-0.2, 0) is 28.6 Å². The molecule has 0 aliphatic heterocycles. The van der Waals surface area contributed by atoms with Gasteiger partial charge in [0.2, 0.25) is 0 Å². The molecule has 0 heterocycles. The maximum Gasteiger partial charge on any atom is 0.306 e. The normalized spacial score (nSPS) is 13.1. The standard InChI is InChI=1S/C73H118O6/c1-4-7-10-13-16-19-22-25-28-30-32-34-35-36-37-39-40-42-45-48-51-54-57-60-63-66-72(75)78-69-70(68-77-71(74)65-62-59-56-53-50-47-44-27-24-21-18-15-12-9-6-3)79-73(76)67-64-61-58-55-52-49-46-43-41-38-33-31-29-26-23-20-17-14-11-8-5-2/h7-12,16-21,25-29,32-34,38,43-44,46,70H,4-6,13-15,22-24,30-31,35-37,39-42,45,47-69H2,1-3H3/b10-7-,11-8-,12-9-,19-16-,20-17-,21-18-,28-25-,29-26-,34-32-,38-33-,44-27-,46-43-. The van der Waals surface area contributed by atoms with Gasteiger partial charge < -0.3 is 14.2 Å². The molecular formula is C73H118O6. The van der Waals surface area contributed by atoms with Crippen LogP contribution in [0.1, 0.15) is 278 Å². The summed E-state index contributed by atoms with van der Waals surface area (Å²) in [5.41, 5.74) is 0. The summed E-state index contributed by atoms with van der Waals surface area (Å²) in [6, 6.07) is 0. The number of ether oxygens (including phenoxy) is 3. The molecule has 0 spiro atoms. The van der Waals surface area contributed by atoms with E-state index < -0.39 is 6.10 Å². The van der Waals surface area contributed by atoms with Crippen molar-refractivity contribution in [1.29, 1.82) is 0 Å². The van der Waals surface area contributed by atoms with Gasteiger partial charge >= 0.3 is 17.9 Å². The summed E-state index contributed by atoms with van der Waals surface area (Å²) >= 11 is 0. The predicted octanol–water partition coefficient (Wildman–Crippen LogP) is 22.3. The fourth-order valence-electron chi connectivity index (χ4n) is 8.59. The van der Waals surface area contributed by atoms with Gasteiger partial charge in [-0.1, -0.05) is 269 Å². The highest BCUT2D eigenvalue weighted by atomic mass is 16.6. The molecule has 1 unspecified atom stereocenters. The minimum atomic E-state index is -0.804. The molecule has 0 aromatic rings. The van der Waals surface area contributed by atoms with Gasteiger partial charge in [-0.2, -0.15) is 0 Å². The Hall–Kier alpha value is -4.71. The third-order valence-corrected chi connectivity index (χ3v) is 13.3. The van der Waals surface area contributed by atoms with Crippen LogP contribution in [0.4, 0.5) is 0 Å². The lowest BCUT2D eigenvalue weighted by Gasteiger charge is -2.18. The van der Waals surface area contributed by atoms with Crippen LogP contribution >= 0.6 is 0 Å². The van der Waals surface area contributed by atoms with Crippen LogP contribution in [-0.4, -0.2) is 37.2 Å². The SMILES string of the molecule is CC/C=C\C/C=C\C/C=C\C/C=C\C/C=C\CCCCCCCC(=O)OC(COC(=O)CCCCCCC/C=C\C/C=C\C/C=C\CC)COC(=O)CCCCCCCCCCCCCC/C=C\C/C=C\C/C=C\C/C=C\CC. The average Bonchev–Trinajstić information content (AvgIpc) is 3.45. The summed E-state index contributed by atoms with van der Waals surface area (Å²) < 4.78 is 16.9. The first kappa shape index (κ1) is 74.3. The average molecular weight is 1090 g/mol. The molecule has 6 nitrogen and oxygen atoms in total. The van der Waals surface area contributed by atoms with Gasteiger partial charge in [0.05, 0.1) is 0 Å². The van der Waals surface area contributed by atoms with Crippen LogP contribution in [0.5, 0.6) is 0 Å². The van der Waals surface area contributed by atoms with E-state index in [1.54, 1.807) is 0 Å². The highest BCUT2D eigenvalue weighted by Crippen LogP contribution is 2.15. The van der Waals surface area contributed by atoms with Crippen LogP contribution in [0.15, 0.2) is 146 Å². The molecule has 79 heavy (non-hydrogen) atoms. The van der Waals surface area contributed by atoms with Crippen molar-refractivity contribution < 1.29 is 28.6 Å². The Bertz CT molecular complexity index is 1730. The molecule has 0 saturated heterocycles. The Balaban J connectivity index is 4.42. The second-order valence-electron chi connectivity index (χ2n) is 20.9. The highest BCUT2D eigenvalue weighted by Gasteiger charge is 2.19. The maximum atomic E-state index is 12.9. The Labute approximate surface area is 487 Å². The van der Waals surface area contributed by atoms with Crippen LogP contribution in [0, 0.1) is 0 Å². The summed E-state index contributed by atoms with van der Waals surface area (Å²) in [6.07, 6.45) is 94.2. The highest BCUT2D eigenvalue weighted by molar-refractivity contribution is 5.71. The predicted molar refractivity (Wildman–Crippen MR) is 343 cm³/mol. The lowest BCUT2D eigenvalue weighted by atomic mass is 10.0. The van der Waals surface area contributed by atoms with Crippen molar-refractivity contribution in [2.24, 2.45) is 0 Å². The zero-order valence-electron chi connectivity index (χ0n) is 51.1. The Morgan fingerprint density at radius 1 is 0.253 bits per heavy atom. The number of unbranched alkanes of at least 4 members (excludes halogenated alkanes) is 22. The number of esters is 3. The number of hydrogen-bond acceptors (Lipinski definition) is 6. The fourth-order valence-corrected chi connectivity index (χ4v) is 8.59.